The lowest BCUT2D eigenvalue weighted by Gasteiger charge is -2.22. The number of halogens is 2. The number of hydrogen-bond donors (Lipinski definition) is 0. The standard InChI is InChI=1S/C16H18ClFN2O/c17-8-6-14-19-15-11(18)2-1-3-12(15)20(14)13-7-9-21-16(13)10-4-5-10/h1-3,10,13,16H,4-9H2. The van der Waals surface area contributed by atoms with Gasteiger partial charge in [-0.15, -0.1) is 11.6 Å². The number of ether oxygens (including phenoxy) is 1. The zero-order chi connectivity index (χ0) is 14.4. The SMILES string of the molecule is Fc1cccc2c1nc(CCCl)n2C1CCOC1C1CC1. The molecule has 2 unspecified atom stereocenters. The number of aryl methyl sites for hydroxylation is 1. The van der Waals surface area contributed by atoms with Crippen LogP contribution >= 0.6 is 11.6 Å². The summed E-state index contributed by atoms with van der Waals surface area (Å²) >= 11 is 5.92. The van der Waals surface area contributed by atoms with Gasteiger partial charge in [0.1, 0.15) is 11.3 Å². The van der Waals surface area contributed by atoms with E-state index in [9.17, 15) is 4.39 Å². The van der Waals surface area contributed by atoms with Crippen LogP contribution in [0.2, 0.25) is 0 Å². The maximum absolute atomic E-state index is 14.0. The second kappa shape index (κ2) is 5.25. The highest BCUT2D eigenvalue weighted by Crippen LogP contribution is 2.44. The minimum absolute atomic E-state index is 0.250. The maximum atomic E-state index is 14.0. The third-order valence-corrected chi connectivity index (χ3v) is 4.77. The fraction of sp³-hybridized carbons (Fsp3) is 0.562. The highest BCUT2D eigenvalue weighted by Gasteiger charge is 2.42. The van der Waals surface area contributed by atoms with Gasteiger partial charge in [0.25, 0.3) is 0 Å². The molecule has 0 amide bonds. The Labute approximate surface area is 128 Å². The van der Waals surface area contributed by atoms with Crippen LogP contribution in [0.1, 0.15) is 31.1 Å². The summed E-state index contributed by atoms with van der Waals surface area (Å²) < 4.78 is 22.2. The Balaban J connectivity index is 1.85. The molecule has 21 heavy (non-hydrogen) atoms. The van der Waals surface area contributed by atoms with E-state index in [1.165, 1.54) is 18.9 Å². The zero-order valence-corrected chi connectivity index (χ0v) is 12.5. The van der Waals surface area contributed by atoms with E-state index >= 15 is 0 Å². The van der Waals surface area contributed by atoms with E-state index in [0.29, 0.717) is 23.7 Å². The summed E-state index contributed by atoms with van der Waals surface area (Å²) in [4.78, 5) is 4.51. The van der Waals surface area contributed by atoms with Crippen molar-refractivity contribution in [1.29, 1.82) is 0 Å². The fourth-order valence-corrected chi connectivity index (χ4v) is 3.68. The predicted molar refractivity (Wildman–Crippen MR) is 80.2 cm³/mol. The Kier molecular flexibility index (Phi) is 3.38. The van der Waals surface area contributed by atoms with Crippen molar-refractivity contribution in [1.82, 2.24) is 9.55 Å². The van der Waals surface area contributed by atoms with Gasteiger partial charge in [0.15, 0.2) is 5.82 Å². The zero-order valence-electron chi connectivity index (χ0n) is 11.8. The third-order valence-electron chi connectivity index (χ3n) is 4.58. The molecule has 0 spiro atoms. The van der Waals surface area contributed by atoms with Crippen molar-refractivity contribution in [2.24, 2.45) is 5.92 Å². The van der Waals surface area contributed by atoms with Gasteiger partial charge < -0.3 is 9.30 Å². The average Bonchev–Trinajstić information content (AvgIpc) is 3.09. The van der Waals surface area contributed by atoms with Crippen LogP contribution in [0.5, 0.6) is 0 Å². The molecule has 1 aromatic heterocycles. The van der Waals surface area contributed by atoms with Crippen molar-refractivity contribution in [2.45, 2.75) is 37.8 Å². The van der Waals surface area contributed by atoms with Crippen molar-refractivity contribution >= 4 is 22.6 Å². The summed E-state index contributed by atoms with van der Waals surface area (Å²) in [6.07, 6.45) is 4.36. The van der Waals surface area contributed by atoms with Gasteiger partial charge in [0, 0.05) is 18.9 Å². The Bertz CT molecular complexity index is 668. The smallest absolute Gasteiger partial charge is 0.151 e. The molecule has 0 N–H and O–H groups in total. The molecule has 4 rings (SSSR count). The van der Waals surface area contributed by atoms with Crippen molar-refractivity contribution < 1.29 is 9.13 Å². The Morgan fingerprint density at radius 2 is 2.19 bits per heavy atom. The molecular weight excluding hydrogens is 291 g/mol. The van der Waals surface area contributed by atoms with Crippen LogP contribution in [0.3, 0.4) is 0 Å². The molecule has 1 aromatic carbocycles. The minimum atomic E-state index is -0.260. The van der Waals surface area contributed by atoms with Crippen molar-refractivity contribution in [3.8, 4) is 0 Å². The molecule has 112 valence electrons. The first-order chi connectivity index (χ1) is 10.3. The molecule has 3 nitrogen and oxygen atoms in total. The largest absolute Gasteiger partial charge is 0.376 e. The van der Waals surface area contributed by atoms with Crippen LogP contribution in [0.15, 0.2) is 18.2 Å². The Morgan fingerprint density at radius 3 is 2.95 bits per heavy atom. The first kappa shape index (κ1) is 13.5. The summed E-state index contributed by atoms with van der Waals surface area (Å²) in [5.41, 5.74) is 1.33. The van der Waals surface area contributed by atoms with Crippen molar-refractivity contribution in [3.63, 3.8) is 0 Å². The Hall–Kier alpha value is -1.13. The first-order valence-corrected chi connectivity index (χ1v) is 8.16. The summed E-state index contributed by atoms with van der Waals surface area (Å²) in [6.45, 7) is 0.779. The van der Waals surface area contributed by atoms with Crippen LogP contribution < -0.4 is 0 Å². The van der Waals surface area contributed by atoms with E-state index in [1.807, 2.05) is 6.07 Å². The van der Waals surface area contributed by atoms with Gasteiger partial charge >= 0.3 is 0 Å². The van der Waals surface area contributed by atoms with E-state index in [0.717, 1.165) is 24.4 Å². The summed E-state index contributed by atoms with van der Waals surface area (Å²) in [7, 11) is 0. The van der Waals surface area contributed by atoms with Gasteiger partial charge in [-0.05, 0) is 37.3 Å². The second-order valence-corrected chi connectivity index (χ2v) is 6.35. The lowest BCUT2D eigenvalue weighted by molar-refractivity contribution is 0.0753. The Morgan fingerprint density at radius 1 is 1.33 bits per heavy atom. The third kappa shape index (κ3) is 2.25. The molecule has 1 aliphatic heterocycles. The number of rotatable bonds is 4. The summed E-state index contributed by atoms with van der Waals surface area (Å²) in [6, 6.07) is 5.43. The number of fused-ring (bicyclic) bond motifs is 1. The van der Waals surface area contributed by atoms with Gasteiger partial charge in [-0.2, -0.15) is 0 Å². The average molecular weight is 309 g/mol. The molecule has 2 heterocycles. The first-order valence-electron chi connectivity index (χ1n) is 7.62. The van der Waals surface area contributed by atoms with Gasteiger partial charge in [-0.1, -0.05) is 6.07 Å². The van der Waals surface area contributed by atoms with E-state index < -0.39 is 0 Å². The van der Waals surface area contributed by atoms with Crippen molar-refractivity contribution in [3.05, 3.63) is 29.8 Å². The molecule has 5 heteroatoms. The second-order valence-electron chi connectivity index (χ2n) is 5.97. The highest BCUT2D eigenvalue weighted by molar-refractivity contribution is 6.17. The van der Waals surface area contributed by atoms with Gasteiger partial charge in [-0.3, -0.25) is 0 Å². The highest BCUT2D eigenvalue weighted by atomic mass is 35.5. The molecule has 2 atom stereocenters. The minimum Gasteiger partial charge on any atom is -0.376 e. The molecule has 1 saturated heterocycles. The molecule has 1 saturated carbocycles. The molecule has 0 radical (unpaired) electrons. The summed E-state index contributed by atoms with van der Waals surface area (Å²) in [5, 5.41) is 0. The number of aromatic nitrogens is 2. The predicted octanol–water partition coefficient (Wildman–Crippen LogP) is 3.70. The van der Waals surface area contributed by atoms with E-state index in [1.54, 1.807) is 6.07 Å². The molecular formula is C16H18ClFN2O. The molecule has 0 bridgehead atoms. The van der Waals surface area contributed by atoms with Crippen LogP contribution in [0.25, 0.3) is 11.0 Å². The molecule has 2 fully saturated rings. The van der Waals surface area contributed by atoms with Crippen molar-refractivity contribution in [2.75, 3.05) is 12.5 Å². The van der Waals surface area contributed by atoms with Crippen LogP contribution in [-0.2, 0) is 11.2 Å². The van der Waals surface area contributed by atoms with E-state index in [-0.39, 0.29) is 18.0 Å². The van der Waals surface area contributed by atoms with Gasteiger partial charge in [0.05, 0.1) is 17.7 Å². The lowest BCUT2D eigenvalue weighted by Crippen LogP contribution is -2.23. The normalized spacial score (nSPS) is 25.8. The van der Waals surface area contributed by atoms with Crippen LogP contribution in [0.4, 0.5) is 4.39 Å². The number of benzene rings is 1. The molecule has 2 aliphatic rings. The maximum Gasteiger partial charge on any atom is 0.151 e. The number of para-hydroxylation sites is 1. The number of imidazole rings is 1. The fourth-order valence-electron chi connectivity index (χ4n) is 3.51. The van der Waals surface area contributed by atoms with Gasteiger partial charge in [0.2, 0.25) is 0 Å². The number of nitrogens with zero attached hydrogens (tertiary/aromatic N) is 2. The van der Waals surface area contributed by atoms with E-state index in [4.69, 9.17) is 16.3 Å². The lowest BCUT2D eigenvalue weighted by atomic mass is 10.1. The molecule has 2 aromatic rings. The number of hydrogen-bond acceptors (Lipinski definition) is 2. The molecule has 1 aliphatic carbocycles. The topological polar surface area (TPSA) is 27.1 Å². The number of alkyl halides is 1. The van der Waals surface area contributed by atoms with E-state index in [2.05, 4.69) is 9.55 Å². The van der Waals surface area contributed by atoms with Crippen LogP contribution in [-0.4, -0.2) is 28.1 Å². The monoisotopic (exact) mass is 308 g/mol. The quantitative estimate of drug-likeness (QED) is 0.805. The summed E-state index contributed by atoms with van der Waals surface area (Å²) in [5.74, 6) is 1.77. The van der Waals surface area contributed by atoms with Gasteiger partial charge in [-0.25, -0.2) is 9.37 Å². The van der Waals surface area contributed by atoms with Crippen LogP contribution in [0, 0.1) is 11.7 Å².